The van der Waals surface area contributed by atoms with Crippen LogP contribution in [0.4, 0.5) is 0 Å². The third-order valence-corrected chi connectivity index (χ3v) is 2.73. The molecule has 1 aromatic heterocycles. The van der Waals surface area contributed by atoms with E-state index in [-0.39, 0.29) is 12.0 Å². The van der Waals surface area contributed by atoms with Gasteiger partial charge in [0.25, 0.3) is 0 Å². The number of benzene rings is 1. The number of aromatic nitrogens is 1. The topological polar surface area (TPSA) is 99.3 Å². The molecular formula is C12H14N2O3. The molecule has 0 aliphatic rings. The van der Waals surface area contributed by atoms with Crippen LogP contribution >= 0.6 is 0 Å². The minimum absolute atomic E-state index is 0.0374. The van der Waals surface area contributed by atoms with Crippen molar-refractivity contribution < 1.29 is 10.2 Å². The normalized spacial score (nSPS) is 14.8. The second kappa shape index (κ2) is 4.67. The average molecular weight is 234 g/mol. The first-order valence-electron chi connectivity index (χ1n) is 5.31. The summed E-state index contributed by atoms with van der Waals surface area (Å²) in [5.74, 6) is 0. The van der Waals surface area contributed by atoms with Crippen LogP contribution in [0.15, 0.2) is 35.3 Å². The predicted octanol–water partition coefficient (Wildman–Crippen LogP) is -0.119. The third kappa shape index (κ3) is 2.21. The number of nitrogens with two attached hydrogens (primary N) is 1. The smallest absolute Gasteiger partial charge is 0.189 e. The maximum atomic E-state index is 11.6. The SMILES string of the molecule is NCC(O)C(O)c1ccc2[nH]ccc(=O)c2c1. The van der Waals surface area contributed by atoms with Crippen molar-refractivity contribution >= 4 is 10.9 Å². The Balaban J connectivity index is 2.51. The predicted molar refractivity (Wildman–Crippen MR) is 64.6 cm³/mol. The fourth-order valence-corrected chi connectivity index (χ4v) is 1.72. The molecular weight excluding hydrogens is 220 g/mol. The van der Waals surface area contributed by atoms with Crippen LogP contribution < -0.4 is 11.2 Å². The standard InChI is InChI=1S/C12H14N2O3/c13-6-11(16)12(17)7-1-2-9-8(5-7)10(15)3-4-14-9/h1-5,11-12,16-17H,6,13H2,(H,14,15). The minimum Gasteiger partial charge on any atom is -0.389 e. The van der Waals surface area contributed by atoms with Crippen LogP contribution in [-0.2, 0) is 0 Å². The van der Waals surface area contributed by atoms with Crippen molar-refractivity contribution in [2.75, 3.05) is 6.54 Å². The Bertz CT molecular complexity index is 579. The molecule has 5 nitrogen and oxygen atoms in total. The molecule has 0 amide bonds. The number of nitrogens with one attached hydrogen (secondary N) is 1. The molecule has 2 atom stereocenters. The van der Waals surface area contributed by atoms with E-state index in [0.29, 0.717) is 16.5 Å². The molecule has 1 aromatic carbocycles. The van der Waals surface area contributed by atoms with Crippen molar-refractivity contribution in [2.24, 2.45) is 5.73 Å². The van der Waals surface area contributed by atoms with E-state index < -0.39 is 12.2 Å². The van der Waals surface area contributed by atoms with Gasteiger partial charge in [0, 0.05) is 29.7 Å². The van der Waals surface area contributed by atoms with Crippen molar-refractivity contribution in [1.82, 2.24) is 4.98 Å². The largest absolute Gasteiger partial charge is 0.389 e. The van der Waals surface area contributed by atoms with Crippen molar-refractivity contribution in [3.63, 3.8) is 0 Å². The van der Waals surface area contributed by atoms with E-state index in [1.807, 2.05) is 0 Å². The quantitative estimate of drug-likeness (QED) is 0.595. The van der Waals surface area contributed by atoms with E-state index in [0.717, 1.165) is 0 Å². The second-order valence-electron chi connectivity index (χ2n) is 3.89. The van der Waals surface area contributed by atoms with Gasteiger partial charge in [0.15, 0.2) is 5.43 Å². The van der Waals surface area contributed by atoms with Crippen molar-refractivity contribution in [3.05, 3.63) is 46.2 Å². The Morgan fingerprint density at radius 2 is 2.06 bits per heavy atom. The summed E-state index contributed by atoms with van der Waals surface area (Å²) in [5.41, 5.74) is 6.31. The minimum atomic E-state index is -1.08. The van der Waals surface area contributed by atoms with Gasteiger partial charge >= 0.3 is 0 Å². The monoisotopic (exact) mass is 234 g/mol. The highest BCUT2D eigenvalue weighted by Gasteiger charge is 2.17. The van der Waals surface area contributed by atoms with Gasteiger partial charge < -0.3 is 20.9 Å². The molecule has 2 rings (SSSR count). The summed E-state index contributed by atoms with van der Waals surface area (Å²) in [4.78, 5) is 14.5. The lowest BCUT2D eigenvalue weighted by Crippen LogP contribution is -2.27. The first kappa shape index (κ1) is 11.8. The summed E-state index contributed by atoms with van der Waals surface area (Å²) in [7, 11) is 0. The maximum absolute atomic E-state index is 11.6. The molecule has 0 aliphatic heterocycles. The van der Waals surface area contributed by atoms with Gasteiger partial charge in [-0.05, 0) is 17.7 Å². The van der Waals surface area contributed by atoms with Crippen LogP contribution in [-0.4, -0.2) is 27.8 Å². The number of aliphatic hydroxyl groups is 2. The Labute approximate surface area is 97.5 Å². The molecule has 17 heavy (non-hydrogen) atoms. The fraction of sp³-hybridized carbons (Fsp3) is 0.250. The zero-order valence-electron chi connectivity index (χ0n) is 9.13. The summed E-state index contributed by atoms with van der Waals surface area (Å²) in [6.45, 7) is -0.0374. The molecule has 2 unspecified atom stereocenters. The number of hydrogen-bond donors (Lipinski definition) is 4. The zero-order valence-corrected chi connectivity index (χ0v) is 9.13. The molecule has 0 aliphatic carbocycles. The van der Waals surface area contributed by atoms with E-state index in [9.17, 15) is 15.0 Å². The number of fused-ring (bicyclic) bond motifs is 1. The Hall–Kier alpha value is -1.69. The Morgan fingerprint density at radius 3 is 2.76 bits per heavy atom. The number of hydrogen-bond acceptors (Lipinski definition) is 4. The number of H-pyrrole nitrogens is 1. The number of rotatable bonds is 3. The lowest BCUT2D eigenvalue weighted by molar-refractivity contribution is 0.0244. The number of pyridine rings is 1. The van der Waals surface area contributed by atoms with Crippen molar-refractivity contribution in [2.45, 2.75) is 12.2 Å². The fourth-order valence-electron chi connectivity index (χ4n) is 1.72. The molecule has 0 radical (unpaired) electrons. The molecule has 1 heterocycles. The molecule has 0 fully saturated rings. The first-order valence-corrected chi connectivity index (χ1v) is 5.31. The molecule has 0 spiro atoms. The Kier molecular flexibility index (Phi) is 3.23. The van der Waals surface area contributed by atoms with Gasteiger partial charge in [-0.2, -0.15) is 0 Å². The molecule has 0 saturated carbocycles. The summed E-state index contributed by atoms with van der Waals surface area (Å²) >= 11 is 0. The zero-order chi connectivity index (χ0) is 12.4. The van der Waals surface area contributed by atoms with Crippen molar-refractivity contribution in [1.29, 1.82) is 0 Å². The van der Waals surface area contributed by atoms with Gasteiger partial charge in [-0.25, -0.2) is 0 Å². The molecule has 90 valence electrons. The van der Waals surface area contributed by atoms with Gasteiger partial charge in [-0.15, -0.1) is 0 Å². The number of aliphatic hydroxyl groups excluding tert-OH is 2. The summed E-state index contributed by atoms with van der Waals surface area (Å²) < 4.78 is 0. The van der Waals surface area contributed by atoms with Crippen molar-refractivity contribution in [3.8, 4) is 0 Å². The Morgan fingerprint density at radius 1 is 1.29 bits per heavy atom. The highest BCUT2D eigenvalue weighted by atomic mass is 16.3. The van der Waals surface area contributed by atoms with Gasteiger partial charge in [0.05, 0.1) is 6.10 Å². The van der Waals surface area contributed by atoms with Gasteiger partial charge in [-0.3, -0.25) is 4.79 Å². The average Bonchev–Trinajstić information content (AvgIpc) is 2.37. The van der Waals surface area contributed by atoms with E-state index in [1.54, 1.807) is 24.4 Å². The van der Waals surface area contributed by atoms with Crippen LogP contribution in [0.2, 0.25) is 0 Å². The van der Waals surface area contributed by atoms with Crippen LogP contribution in [0.3, 0.4) is 0 Å². The van der Waals surface area contributed by atoms with Crippen LogP contribution in [0.5, 0.6) is 0 Å². The van der Waals surface area contributed by atoms with Gasteiger partial charge in [0.2, 0.25) is 0 Å². The molecule has 5 heteroatoms. The first-order chi connectivity index (χ1) is 8.13. The van der Waals surface area contributed by atoms with Gasteiger partial charge in [-0.1, -0.05) is 6.07 Å². The summed E-state index contributed by atoms with van der Waals surface area (Å²) in [6.07, 6.45) is -0.547. The maximum Gasteiger partial charge on any atom is 0.189 e. The van der Waals surface area contributed by atoms with Crippen LogP contribution in [0, 0.1) is 0 Å². The van der Waals surface area contributed by atoms with Crippen LogP contribution in [0.1, 0.15) is 11.7 Å². The third-order valence-electron chi connectivity index (χ3n) is 2.73. The van der Waals surface area contributed by atoms with Crippen LogP contribution in [0.25, 0.3) is 10.9 Å². The summed E-state index contributed by atoms with van der Waals surface area (Å²) in [5, 5.41) is 19.7. The molecule has 0 saturated heterocycles. The highest BCUT2D eigenvalue weighted by molar-refractivity contribution is 5.78. The highest BCUT2D eigenvalue weighted by Crippen LogP contribution is 2.19. The van der Waals surface area contributed by atoms with E-state index in [4.69, 9.17) is 5.73 Å². The van der Waals surface area contributed by atoms with E-state index in [2.05, 4.69) is 4.98 Å². The number of aromatic amines is 1. The van der Waals surface area contributed by atoms with E-state index in [1.165, 1.54) is 6.07 Å². The molecule has 0 bridgehead atoms. The molecule has 5 N–H and O–H groups in total. The van der Waals surface area contributed by atoms with E-state index >= 15 is 0 Å². The molecule has 2 aromatic rings. The lowest BCUT2D eigenvalue weighted by Gasteiger charge is -2.16. The lowest BCUT2D eigenvalue weighted by atomic mass is 10.0. The summed E-state index contributed by atoms with van der Waals surface area (Å²) in [6, 6.07) is 6.33. The van der Waals surface area contributed by atoms with Gasteiger partial charge in [0.1, 0.15) is 6.10 Å². The second-order valence-corrected chi connectivity index (χ2v) is 3.89.